The molecule has 7 heteroatoms. The van der Waals surface area contributed by atoms with E-state index in [2.05, 4.69) is 4.98 Å². The van der Waals surface area contributed by atoms with Crippen LogP contribution in [0.5, 0.6) is 0 Å². The lowest BCUT2D eigenvalue weighted by Crippen LogP contribution is -2.06. The number of rotatable bonds is 7. The summed E-state index contributed by atoms with van der Waals surface area (Å²) in [6.45, 7) is 1.97. The maximum Gasteiger partial charge on any atom is 0.416 e. The molecule has 0 saturated heterocycles. The average Bonchev–Trinajstić information content (AvgIpc) is 3.13. The van der Waals surface area contributed by atoms with Gasteiger partial charge in [0, 0.05) is 5.56 Å². The molecule has 0 fully saturated rings. The van der Waals surface area contributed by atoms with Crippen molar-refractivity contribution >= 4 is 17.3 Å². The van der Waals surface area contributed by atoms with E-state index in [0.29, 0.717) is 27.6 Å². The second-order valence-electron chi connectivity index (χ2n) is 6.43. The highest BCUT2D eigenvalue weighted by Crippen LogP contribution is 2.33. The summed E-state index contributed by atoms with van der Waals surface area (Å²) in [6.07, 6.45) is -2.16. The standard InChI is InChI=1S/C22H20F3NO2S/c1-2-28-21(27)19-18(10-6-9-15-7-4-3-5-8-15)26-20(29-19)16-11-13-17(14-12-16)22(23,24)25/h3-5,7-8,11-14H,2,6,9-10H2,1H3. The molecule has 0 amide bonds. The maximum atomic E-state index is 12.8. The zero-order chi connectivity index (χ0) is 20.9. The minimum Gasteiger partial charge on any atom is -0.462 e. The molecular formula is C22H20F3NO2S. The molecule has 0 spiro atoms. The Morgan fingerprint density at radius 1 is 1.03 bits per heavy atom. The third-order valence-electron chi connectivity index (χ3n) is 4.34. The molecule has 0 aliphatic carbocycles. The normalized spacial score (nSPS) is 11.4. The van der Waals surface area contributed by atoms with Crippen molar-refractivity contribution in [2.45, 2.75) is 32.4 Å². The monoisotopic (exact) mass is 419 g/mol. The van der Waals surface area contributed by atoms with E-state index in [1.165, 1.54) is 17.7 Å². The molecule has 152 valence electrons. The molecule has 0 aliphatic rings. The highest BCUT2D eigenvalue weighted by Gasteiger charge is 2.30. The molecule has 1 aromatic heterocycles. The van der Waals surface area contributed by atoms with E-state index in [-0.39, 0.29) is 6.61 Å². The van der Waals surface area contributed by atoms with Crippen LogP contribution in [0.25, 0.3) is 10.6 Å². The van der Waals surface area contributed by atoms with Gasteiger partial charge in [-0.25, -0.2) is 9.78 Å². The number of ether oxygens (including phenoxy) is 1. The number of alkyl halides is 3. The van der Waals surface area contributed by atoms with Crippen LogP contribution in [0.2, 0.25) is 0 Å². The first-order valence-corrected chi connectivity index (χ1v) is 10.1. The molecular weight excluding hydrogens is 399 g/mol. The number of benzene rings is 2. The van der Waals surface area contributed by atoms with E-state index in [0.717, 1.165) is 36.3 Å². The summed E-state index contributed by atoms with van der Waals surface area (Å²) in [5.74, 6) is -0.446. The number of esters is 1. The van der Waals surface area contributed by atoms with Crippen LogP contribution in [0.4, 0.5) is 13.2 Å². The van der Waals surface area contributed by atoms with Crippen LogP contribution in [0.3, 0.4) is 0 Å². The van der Waals surface area contributed by atoms with Crippen molar-refractivity contribution in [1.82, 2.24) is 4.98 Å². The Balaban J connectivity index is 1.81. The third kappa shape index (κ3) is 5.44. The van der Waals surface area contributed by atoms with Gasteiger partial charge in [-0.3, -0.25) is 0 Å². The summed E-state index contributed by atoms with van der Waals surface area (Å²) in [4.78, 5) is 17.3. The Morgan fingerprint density at radius 3 is 2.34 bits per heavy atom. The molecule has 0 atom stereocenters. The number of nitrogens with zero attached hydrogens (tertiary/aromatic N) is 1. The van der Waals surface area contributed by atoms with E-state index in [1.807, 2.05) is 30.3 Å². The first-order valence-electron chi connectivity index (χ1n) is 9.27. The quantitative estimate of drug-likeness (QED) is 0.429. The molecule has 0 N–H and O–H groups in total. The molecule has 3 aromatic rings. The Morgan fingerprint density at radius 2 is 1.72 bits per heavy atom. The van der Waals surface area contributed by atoms with Gasteiger partial charge in [-0.2, -0.15) is 13.2 Å². The van der Waals surface area contributed by atoms with Crippen molar-refractivity contribution in [2.75, 3.05) is 6.61 Å². The topological polar surface area (TPSA) is 39.2 Å². The summed E-state index contributed by atoms with van der Waals surface area (Å²) in [5, 5.41) is 0.511. The number of thiazole rings is 1. The molecule has 0 unspecified atom stereocenters. The molecule has 2 aromatic carbocycles. The van der Waals surface area contributed by atoms with Gasteiger partial charge in [0.15, 0.2) is 0 Å². The number of hydrogen-bond acceptors (Lipinski definition) is 4. The number of halogens is 3. The number of carbonyl (C=O) groups excluding carboxylic acids is 1. The third-order valence-corrected chi connectivity index (χ3v) is 5.47. The van der Waals surface area contributed by atoms with Gasteiger partial charge >= 0.3 is 12.1 Å². The van der Waals surface area contributed by atoms with Crippen LogP contribution in [0.1, 0.15) is 39.8 Å². The van der Waals surface area contributed by atoms with Gasteiger partial charge in [-0.1, -0.05) is 42.5 Å². The second-order valence-corrected chi connectivity index (χ2v) is 7.43. The van der Waals surface area contributed by atoms with Gasteiger partial charge in [0.25, 0.3) is 0 Å². The van der Waals surface area contributed by atoms with E-state index in [1.54, 1.807) is 6.92 Å². The Bertz CT molecular complexity index is 950. The lowest BCUT2D eigenvalue weighted by atomic mass is 10.1. The second kappa shape index (κ2) is 9.22. The average molecular weight is 419 g/mol. The van der Waals surface area contributed by atoms with E-state index < -0.39 is 17.7 Å². The largest absolute Gasteiger partial charge is 0.462 e. The number of hydrogen-bond donors (Lipinski definition) is 0. The summed E-state index contributed by atoms with van der Waals surface area (Å²) >= 11 is 1.15. The minimum absolute atomic E-state index is 0.246. The van der Waals surface area contributed by atoms with Crippen LogP contribution >= 0.6 is 11.3 Å². The van der Waals surface area contributed by atoms with Gasteiger partial charge in [0.2, 0.25) is 0 Å². The highest BCUT2D eigenvalue weighted by molar-refractivity contribution is 7.17. The van der Waals surface area contributed by atoms with Crippen molar-refractivity contribution in [3.05, 3.63) is 76.3 Å². The molecule has 3 rings (SSSR count). The number of aryl methyl sites for hydroxylation is 2. The molecule has 1 heterocycles. The molecule has 0 radical (unpaired) electrons. The first kappa shape index (κ1) is 21.0. The summed E-state index contributed by atoms with van der Waals surface area (Å²) in [6, 6.07) is 14.8. The molecule has 0 bridgehead atoms. The van der Waals surface area contributed by atoms with Gasteiger partial charge in [0.1, 0.15) is 9.88 Å². The molecule has 3 nitrogen and oxygen atoms in total. The van der Waals surface area contributed by atoms with Crippen molar-refractivity contribution in [3.63, 3.8) is 0 Å². The number of aromatic nitrogens is 1. The van der Waals surface area contributed by atoms with Crippen molar-refractivity contribution in [1.29, 1.82) is 0 Å². The lowest BCUT2D eigenvalue weighted by molar-refractivity contribution is -0.137. The van der Waals surface area contributed by atoms with Crippen LogP contribution < -0.4 is 0 Å². The lowest BCUT2D eigenvalue weighted by Gasteiger charge is -2.06. The van der Waals surface area contributed by atoms with Crippen LogP contribution in [0.15, 0.2) is 54.6 Å². The zero-order valence-corrected chi connectivity index (χ0v) is 16.6. The predicted octanol–water partition coefficient (Wildman–Crippen LogP) is 6.18. The fourth-order valence-electron chi connectivity index (χ4n) is 2.91. The van der Waals surface area contributed by atoms with E-state index in [9.17, 15) is 18.0 Å². The minimum atomic E-state index is -4.39. The summed E-state index contributed by atoms with van der Waals surface area (Å²) in [7, 11) is 0. The summed E-state index contributed by atoms with van der Waals surface area (Å²) < 4.78 is 43.5. The first-order chi connectivity index (χ1) is 13.9. The summed E-state index contributed by atoms with van der Waals surface area (Å²) in [5.41, 5.74) is 1.65. The number of carbonyl (C=O) groups is 1. The van der Waals surface area contributed by atoms with Crippen molar-refractivity contribution in [2.24, 2.45) is 0 Å². The fourth-order valence-corrected chi connectivity index (χ4v) is 3.92. The van der Waals surface area contributed by atoms with Gasteiger partial charge < -0.3 is 4.74 Å². The van der Waals surface area contributed by atoms with Gasteiger partial charge in [-0.05, 0) is 43.9 Å². The van der Waals surface area contributed by atoms with Crippen LogP contribution in [-0.4, -0.2) is 17.6 Å². The van der Waals surface area contributed by atoms with Crippen LogP contribution in [-0.2, 0) is 23.8 Å². The van der Waals surface area contributed by atoms with E-state index in [4.69, 9.17) is 4.74 Å². The zero-order valence-electron chi connectivity index (χ0n) is 15.8. The van der Waals surface area contributed by atoms with Crippen LogP contribution in [0, 0.1) is 0 Å². The maximum absolute atomic E-state index is 12.8. The van der Waals surface area contributed by atoms with Gasteiger partial charge in [-0.15, -0.1) is 11.3 Å². The molecule has 29 heavy (non-hydrogen) atoms. The smallest absolute Gasteiger partial charge is 0.416 e. The predicted molar refractivity (Wildman–Crippen MR) is 107 cm³/mol. The van der Waals surface area contributed by atoms with Gasteiger partial charge in [0.05, 0.1) is 17.9 Å². The molecule has 0 saturated carbocycles. The molecule has 0 aliphatic heterocycles. The van der Waals surface area contributed by atoms with Crippen molar-refractivity contribution in [3.8, 4) is 10.6 Å². The SMILES string of the molecule is CCOC(=O)c1sc(-c2ccc(C(F)(F)F)cc2)nc1CCCc1ccccc1. The Hall–Kier alpha value is -2.67. The highest BCUT2D eigenvalue weighted by atomic mass is 32.1. The fraction of sp³-hybridized carbons (Fsp3) is 0.273. The Kier molecular flexibility index (Phi) is 6.69. The Labute approximate surface area is 171 Å². The van der Waals surface area contributed by atoms with E-state index >= 15 is 0 Å². The van der Waals surface area contributed by atoms with Crippen molar-refractivity contribution < 1.29 is 22.7 Å².